The van der Waals surface area contributed by atoms with Crippen molar-refractivity contribution >= 4 is 31.3 Å². The van der Waals surface area contributed by atoms with E-state index >= 15 is 0 Å². The van der Waals surface area contributed by atoms with E-state index in [2.05, 4.69) is 12.2 Å². The molecule has 0 bridgehead atoms. The lowest BCUT2D eigenvalue weighted by Gasteiger charge is -2.08. The second-order valence-electron chi connectivity index (χ2n) is 4.42. The van der Waals surface area contributed by atoms with E-state index in [1.807, 2.05) is 0 Å². The molecule has 1 rings (SSSR count). The number of carbonyl (C=O) groups excluding carboxylic acids is 1. The molecule has 0 saturated heterocycles. The molecule has 6 heteroatoms. The Balaban J connectivity index is 2.72. The first-order valence-corrected chi connectivity index (χ1v) is 8.50. The summed E-state index contributed by atoms with van der Waals surface area (Å²) in [5.74, 6) is -0.0608. The molecule has 4 nitrogen and oxygen atoms in total. The van der Waals surface area contributed by atoms with Crippen LogP contribution in [0.2, 0.25) is 0 Å². The monoisotopic (exact) mass is 303 g/mol. The predicted octanol–water partition coefficient (Wildman–Crippen LogP) is 3.44. The maximum atomic E-state index is 11.6. The first-order valence-electron chi connectivity index (χ1n) is 6.19. The Labute approximate surface area is 118 Å². The minimum atomic E-state index is -3.74. The highest BCUT2D eigenvalue weighted by molar-refractivity contribution is 8.13. The number of benzene rings is 1. The van der Waals surface area contributed by atoms with Crippen LogP contribution in [0.3, 0.4) is 0 Å². The van der Waals surface area contributed by atoms with Crippen molar-refractivity contribution in [2.24, 2.45) is 0 Å². The van der Waals surface area contributed by atoms with Gasteiger partial charge in [0.25, 0.3) is 9.05 Å². The smallest absolute Gasteiger partial charge is 0.261 e. The van der Waals surface area contributed by atoms with Crippen molar-refractivity contribution in [2.75, 3.05) is 5.32 Å². The van der Waals surface area contributed by atoms with Crippen LogP contribution in [0.15, 0.2) is 23.1 Å². The highest BCUT2D eigenvalue weighted by Crippen LogP contribution is 2.22. The molecule has 1 aromatic rings. The third kappa shape index (κ3) is 5.20. The van der Waals surface area contributed by atoms with E-state index in [9.17, 15) is 13.2 Å². The topological polar surface area (TPSA) is 63.2 Å². The molecule has 0 saturated carbocycles. The second-order valence-corrected chi connectivity index (χ2v) is 6.96. The summed E-state index contributed by atoms with van der Waals surface area (Å²) in [5, 5.41) is 2.74. The quantitative estimate of drug-likeness (QED) is 0.647. The van der Waals surface area contributed by atoms with E-state index in [1.54, 1.807) is 19.1 Å². The highest BCUT2D eigenvalue weighted by Gasteiger charge is 2.13. The lowest BCUT2D eigenvalue weighted by molar-refractivity contribution is -0.116. The third-order valence-corrected chi connectivity index (χ3v) is 4.21. The number of unbranched alkanes of at least 4 members (excludes halogenated alkanes) is 2. The molecule has 1 N–H and O–H groups in total. The van der Waals surface area contributed by atoms with Crippen molar-refractivity contribution in [3.63, 3.8) is 0 Å². The Morgan fingerprint density at radius 3 is 2.53 bits per heavy atom. The molecule has 106 valence electrons. The number of halogens is 1. The van der Waals surface area contributed by atoms with Crippen LogP contribution < -0.4 is 5.32 Å². The SMILES string of the molecule is CCCCCC(=O)Nc1ccc(S(=O)(=O)Cl)c(C)c1. The summed E-state index contributed by atoms with van der Waals surface area (Å²) in [7, 11) is 1.55. The van der Waals surface area contributed by atoms with Crippen LogP contribution in [0.5, 0.6) is 0 Å². The molecule has 0 aromatic heterocycles. The van der Waals surface area contributed by atoms with E-state index in [-0.39, 0.29) is 10.8 Å². The van der Waals surface area contributed by atoms with Crippen LogP contribution in [-0.2, 0) is 13.8 Å². The van der Waals surface area contributed by atoms with Crippen LogP contribution in [0, 0.1) is 6.92 Å². The lowest BCUT2D eigenvalue weighted by atomic mass is 10.2. The van der Waals surface area contributed by atoms with Gasteiger partial charge < -0.3 is 5.32 Å². The highest BCUT2D eigenvalue weighted by atomic mass is 35.7. The van der Waals surface area contributed by atoms with Gasteiger partial charge in [0, 0.05) is 22.8 Å². The maximum absolute atomic E-state index is 11.6. The lowest BCUT2D eigenvalue weighted by Crippen LogP contribution is -2.11. The molecule has 0 aliphatic carbocycles. The molecule has 0 spiro atoms. The number of aryl methyl sites for hydroxylation is 1. The summed E-state index contributed by atoms with van der Waals surface area (Å²) in [6.07, 6.45) is 3.42. The predicted molar refractivity (Wildman–Crippen MR) is 77.0 cm³/mol. The fourth-order valence-electron chi connectivity index (χ4n) is 1.76. The molecular weight excluding hydrogens is 286 g/mol. The van der Waals surface area contributed by atoms with Gasteiger partial charge in [-0.2, -0.15) is 0 Å². The van der Waals surface area contributed by atoms with Crippen molar-refractivity contribution in [2.45, 2.75) is 44.4 Å². The van der Waals surface area contributed by atoms with Crippen molar-refractivity contribution in [1.82, 2.24) is 0 Å². The van der Waals surface area contributed by atoms with Crippen molar-refractivity contribution < 1.29 is 13.2 Å². The Morgan fingerprint density at radius 1 is 1.32 bits per heavy atom. The molecule has 1 amide bonds. The Kier molecular flexibility index (Phi) is 5.82. The zero-order valence-corrected chi connectivity index (χ0v) is 12.6. The molecule has 19 heavy (non-hydrogen) atoms. The van der Waals surface area contributed by atoms with Gasteiger partial charge >= 0.3 is 0 Å². The van der Waals surface area contributed by atoms with Crippen molar-refractivity contribution in [1.29, 1.82) is 0 Å². The van der Waals surface area contributed by atoms with Crippen LogP contribution in [0.25, 0.3) is 0 Å². The van der Waals surface area contributed by atoms with Gasteiger partial charge in [-0.25, -0.2) is 8.42 Å². The van der Waals surface area contributed by atoms with Gasteiger partial charge in [-0.15, -0.1) is 0 Å². The van der Waals surface area contributed by atoms with Gasteiger partial charge in [0.2, 0.25) is 5.91 Å². The number of hydrogen-bond donors (Lipinski definition) is 1. The van der Waals surface area contributed by atoms with Crippen molar-refractivity contribution in [3.05, 3.63) is 23.8 Å². The van der Waals surface area contributed by atoms with Gasteiger partial charge in [-0.3, -0.25) is 4.79 Å². The molecule has 0 fully saturated rings. The summed E-state index contributed by atoms with van der Waals surface area (Å²) in [6.45, 7) is 3.72. The number of hydrogen-bond acceptors (Lipinski definition) is 3. The van der Waals surface area contributed by atoms with Crippen LogP contribution >= 0.6 is 10.7 Å². The van der Waals surface area contributed by atoms with Crippen LogP contribution in [-0.4, -0.2) is 14.3 Å². The number of anilines is 1. The Morgan fingerprint density at radius 2 is 2.00 bits per heavy atom. The zero-order chi connectivity index (χ0) is 14.5. The molecule has 0 unspecified atom stereocenters. The fourth-order valence-corrected chi connectivity index (χ4v) is 2.95. The minimum absolute atomic E-state index is 0.0608. The second kappa shape index (κ2) is 6.91. The molecule has 0 atom stereocenters. The molecule has 0 aliphatic rings. The third-order valence-electron chi connectivity index (χ3n) is 2.73. The van der Waals surface area contributed by atoms with Gasteiger partial charge in [0.05, 0.1) is 4.90 Å². The summed E-state index contributed by atoms with van der Waals surface area (Å²) in [5.41, 5.74) is 1.10. The Hall–Kier alpha value is -1.07. The van der Waals surface area contributed by atoms with Gasteiger partial charge in [-0.05, 0) is 37.1 Å². The van der Waals surface area contributed by atoms with Gasteiger partial charge in [0.15, 0.2) is 0 Å². The summed E-state index contributed by atoms with van der Waals surface area (Å²) < 4.78 is 22.5. The number of amides is 1. The molecule has 1 aromatic carbocycles. The molecule has 0 aliphatic heterocycles. The van der Waals surface area contributed by atoms with E-state index in [0.717, 1.165) is 19.3 Å². The summed E-state index contributed by atoms with van der Waals surface area (Å²) in [6, 6.07) is 4.55. The molecule has 0 radical (unpaired) electrons. The number of rotatable bonds is 6. The average Bonchev–Trinajstić information content (AvgIpc) is 2.27. The first kappa shape index (κ1) is 16.0. The minimum Gasteiger partial charge on any atom is -0.326 e. The van der Waals surface area contributed by atoms with Gasteiger partial charge in [-0.1, -0.05) is 19.8 Å². The summed E-state index contributed by atoms with van der Waals surface area (Å²) in [4.78, 5) is 11.7. The summed E-state index contributed by atoms with van der Waals surface area (Å²) >= 11 is 0. The van der Waals surface area contributed by atoms with Crippen LogP contribution in [0.4, 0.5) is 5.69 Å². The van der Waals surface area contributed by atoms with E-state index < -0.39 is 9.05 Å². The maximum Gasteiger partial charge on any atom is 0.261 e. The fraction of sp³-hybridized carbons (Fsp3) is 0.462. The average molecular weight is 304 g/mol. The van der Waals surface area contributed by atoms with Crippen LogP contribution in [0.1, 0.15) is 38.2 Å². The molecular formula is C13H18ClNO3S. The normalized spacial score (nSPS) is 11.3. The first-order chi connectivity index (χ1) is 8.84. The number of carbonyl (C=O) groups is 1. The van der Waals surface area contributed by atoms with E-state index in [0.29, 0.717) is 17.7 Å². The van der Waals surface area contributed by atoms with E-state index in [1.165, 1.54) is 6.07 Å². The number of nitrogens with one attached hydrogen (secondary N) is 1. The van der Waals surface area contributed by atoms with E-state index in [4.69, 9.17) is 10.7 Å². The largest absolute Gasteiger partial charge is 0.326 e. The van der Waals surface area contributed by atoms with Gasteiger partial charge in [0.1, 0.15) is 0 Å². The molecule has 0 heterocycles. The standard InChI is InChI=1S/C13H18ClNO3S/c1-3-4-5-6-13(16)15-11-7-8-12(10(2)9-11)19(14,17)18/h7-9H,3-6H2,1-2H3,(H,15,16). The van der Waals surface area contributed by atoms with Crippen molar-refractivity contribution in [3.8, 4) is 0 Å². The zero-order valence-electron chi connectivity index (χ0n) is 11.1. The Bertz CT molecular complexity index is 555.